The monoisotopic (exact) mass is 371 g/mol. The van der Waals surface area contributed by atoms with Gasteiger partial charge in [-0.15, -0.1) is 0 Å². The van der Waals surface area contributed by atoms with Crippen molar-refractivity contribution in [1.29, 1.82) is 0 Å². The molecule has 1 aromatic carbocycles. The third-order valence-corrected chi connectivity index (χ3v) is 5.78. The van der Waals surface area contributed by atoms with Crippen LogP contribution in [0.4, 0.5) is 0 Å². The molecule has 0 radical (unpaired) electrons. The summed E-state index contributed by atoms with van der Waals surface area (Å²) >= 11 is 0. The number of aliphatic hydroxyl groups excluding tert-OH is 3. The van der Waals surface area contributed by atoms with E-state index in [1.54, 1.807) is 30.3 Å². The number of hydrogen-bond acceptors (Lipinski definition) is 7. The van der Waals surface area contributed by atoms with E-state index >= 15 is 0 Å². The number of aliphatic hydroxyl groups is 4. The van der Waals surface area contributed by atoms with Gasteiger partial charge in [0.25, 0.3) is 5.91 Å². The van der Waals surface area contributed by atoms with E-state index in [0.717, 1.165) is 11.1 Å². The predicted molar refractivity (Wildman–Crippen MR) is 90.9 cm³/mol. The Bertz CT molecular complexity index is 963. The zero-order chi connectivity index (χ0) is 19.7. The highest BCUT2D eigenvalue weighted by molar-refractivity contribution is 6.23. The van der Waals surface area contributed by atoms with E-state index in [9.17, 15) is 34.8 Å². The van der Waals surface area contributed by atoms with Crippen LogP contribution in [0.1, 0.15) is 11.1 Å². The zero-order valence-corrected chi connectivity index (χ0v) is 14.0. The summed E-state index contributed by atoms with van der Waals surface area (Å²) in [5, 5.41) is 42.6. The second-order valence-corrected chi connectivity index (χ2v) is 7.13. The van der Waals surface area contributed by atoms with Crippen molar-refractivity contribution in [1.82, 2.24) is 0 Å². The molecule has 5 unspecified atom stereocenters. The van der Waals surface area contributed by atoms with Crippen LogP contribution in [-0.4, -0.2) is 55.7 Å². The van der Waals surface area contributed by atoms with Gasteiger partial charge in [-0.1, -0.05) is 24.3 Å². The smallest absolute Gasteiger partial charge is 0.255 e. The SMILES string of the molecule is NC(=O)C1=C(O)C2C(=O)C3=Cc4ccccc4CC3C(O)C2(O)C(O)C1=O. The van der Waals surface area contributed by atoms with Crippen molar-refractivity contribution in [3.8, 4) is 0 Å². The van der Waals surface area contributed by atoms with E-state index < -0.39 is 58.5 Å². The largest absolute Gasteiger partial charge is 0.510 e. The molecule has 5 atom stereocenters. The molecule has 0 aliphatic heterocycles. The molecule has 27 heavy (non-hydrogen) atoms. The molecular formula is C19H17NO7. The van der Waals surface area contributed by atoms with E-state index in [0.29, 0.717) is 0 Å². The Morgan fingerprint density at radius 2 is 1.81 bits per heavy atom. The summed E-state index contributed by atoms with van der Waals surface area (Å²) in [6, 6.07) is 7.16. The first-order valence-corrected chi connectivity index (χ1v) is 8.39. The first kappa shape index (κ1) is 17.6. The summed E-state index contributed by atoms with van der Waals surface area (Å²) < 4.78 is 0. The van der Waals surface area contributed by atoms with Crippen LogP contribution in [0, 0.1) is 11.8 Å². The molecule has 0 aromatic heterocycles. The van der Waals surface area contributed by atoms with Crippen LogP contribution in [0.5, 0.6) is 0 Å². The van der Waals surface area contributed by atoms with Gasteiger partial charge < -0.3 is 26.2 Å². The molecule has 1 fully saturated rings. The van der Waals surface area contributed by atoms with Crippen molar-refractivity contribution in [2.24, 2.45) is 17.6 Å². The van der Waals surface area contributed by atoms with Gasteiger partial charge in [0.1, 0.15) is 29.0 Å². The number of amides is 1. The number of Topliss-reactive ketones (excluding diaryl/α,β-unsaturated/α-hetero) is 2. The standard InChI is InChI=1S/C19H17NO7/c20-18(26)11-14(22)12-13(21)9-5-7-3-1-2-4-8(7)6-10(9)16(24)19(12,27)17(25)15(11)23/h1-5,10,12,16-17,22,24-25,27H,6H2,(H2,20,26). The Morgan fingerprint density at radius 3 is 2.48 bits per heavy atom. The molecule has 0 saturated heterocycles. The van der Waals surface area contributed by atoms with E-state index in [4.69, 9.17) is 5.73 Å². The van der Waals surface area contributed by atoms with Crippen LogP contribution >= 0.6 is 0 Å². The summed E-state index contributed by atoms with van der Waals surface area (Å²) in [5.74, 6) is -7.19. The zero-order valence-electron chi connectivity index (χ0n) is 14.0. The third-order valence-electron chi connectivity index (χ3n) is 5.78. The van der Waals surface area contributed by atoms with Crippen molar-refractivity contribution in [2.75, 3.05) is 0 Å². The lowest BCUT2D eigenvalue weighted by Gasteiger charge is -2.51. The van der Waals surface area contributed by atoms with Gasteiger partial charge in [0.05, 0.1) is 6.10 Å². The van der Waals surface area contributed by atoms with Crippen LogP contribution in [0.25, 0.3) is 6.08 Å². The summed E-state index contributed by atoms with van der Waals surface area (Å²) in [7, 11) is 0. The van der Waals surface area contributed by atoms with Crippen LogP contribution < -0.4 is 5.73 Å². The number of rotatable bonds is 1. The van der Waals surface area contributed by atoms with E-state index in [1.165, 1.54) is 0 Å². The number of fused-ring (bicyclic) bond motifs is 3. The van der Waals surface area contributed by atoms with Crippen LogP contribution in [0.3, 0.4) is 0 Å². The summed E-state index contributed by atoms with van der Waals surface area (Å²) in [4.78, 5) is 36.9. The second-order valence-electron chi connectivity index (χ2n) is 7.13. The lowest BCUT2D eigenvalue weighted by molar-refractivity contribution is -0.202. The molecule has 0 heterocycles. The molecule has 4 rings (SSSR count). The number of nitrogens with two attached hydrogens (primary N) is 1. The minimum absolute atomic E-state index is 0.146. The summed E-state index contributed by atoms with van der Waals surface area (Å²) in [6.07, 6.45) is -2.25. The minimum Gasteiger partial charge on any atom is -0.510 e. The molecule has 3 aliphatic rings. The molecule has 3 aliphatic carbocycles. The number of hydrogen-bond donors (Lipinski definition) is 5. The molecule has 6 N–H and O–H groups in total. The Labute approximate surface area is 153 Å². The van der Waals surface area contributed by atoms with Gasteiger partial charge in [-0.2, -0.15) is 0 Å². The molecule has 1 aromatic rings. The van der Waals surface area contributed by atoms with Crippen molar-refractivity contribution >= 4 is 23.5 Å². The first-order chi connectivity index (χ1) is 12.7. The molecule has 0 bridgehead atoms. The molecule has 1 amide bonds. The van der Waals surface area contributed by atoms with Gasteiger partial charge in [0.2, 0.25) is 5.78 Å². The number of benzene rings is 1. The van der Waals surface area contributed by atoms with Crippen LogP contribution in [0.15, 0.2) is 41.2 Å². The average molecular weight is 371 g/mol. The molecular weight excluding hydrogens is 354 g/mol. The maximum atomic E-state index is 13.1. The molecule has 0 spiro atoms. The number of primary amides is 1. The Hall–Kier alpha value is -2.81. The van der Waals surface area contributed by atoms with E-state index in [2.05, 4.69) is 0 Å². The minimum atomic E-state index is -2.66. The lowest BCUT2D eigenvalue weighted by atomic mass is 9.57. The van der Waals surface area contributed by atoms with E-state index in [-0.39, 0.29) is 12.0 Å². The van der Waals surface area contributed by atoms with Crippen molar-refractivity contribution < 1.29 is 34.8 Å². The maximum Gasteiger partial charge on any atom is 0.255 e. The lowest BCUT2D eigenvalue weighted by Crippen LogP contribution is -2.70. The molecule has 1 saturated carbocycles. The highest BCUT2D eigenvalue weighted by Gasteiger charge is 2.66. The normalized spacial score (nSPS) is 35.1. The molecule has 8 heteroatoms. The highest BCUT2D eigenvalue weighted by atomic mass is 16.4. The van der Waals surface area contributed by atoms with Crippen LogP contribution in [0.2, 0.25) is 0 Å². The average Bonchev–Trinajstić information content (AvgIpc) is 2.63. The quantitative estimate of drug-likeness (QED) is 0.387. The van der Waals surface area contributed by atoms with Gasteiger partial charge in [-0.3, -0.25) is 14.4 Å². The van der Waals surface area contributed by atoms with Crippen molar-refractivity contribution in [3.05, 3.63) is 52.3 Å². The third kappa shape index (κ3) is 2.11. The topological polar surface area (TPSA) is 158 Å². The van der Waals surface area contributed by atoms with Crippen molar-refractivity contribution in [2.45, 2.75) is 24.2 Å². The van der Waals surface area contributed by atoms with Gasteiger partial charge in [-0.25, -0.2) is 0 Å². The fourth-order valence-electron chi connectivity index (χ4n) is 4.42. The fraction of sp³-hybridized carbons (Fsp3) is 0.316. The molecule has 8 nitrogen and oxygen atoms in total. The van der Waals surface area contributed by atoms with Gasteiger partial charge in [0.15, 0.2) is 5.78 Å². The summed E-state index contributed by atoms with van der Waals surface area (Å²) in [5.41, 5.74) is 3.22. The molecule has 140 valence electrons. The van der Waals surface area contributed by atoms with Gasteiger partial charge in [-0.05, 0) is 23.6 Å². The fourth-order valence-corrected chi connectivity index (χ4v) is 4.42. The van der Waals surface area contributed by atoms with Gasteiger partial charge in [0, 0.05) is 11.5 Å². The number of carbonyl (C=O) groups is 3. The maximum absolute atomic E-state index is 13.1. The van der Waals surface area contributed by atoms with Gasteiger partial charge >= 0.3 is 0 Å². The number of carbonyl (C=O) groups excluding carboxylic acids is 3. The van der Waals surface area contributed by atoms with Crippen molar-refractivity contribution in [3.63, 3.8) is 0 Å². The predicted octanol–water partition coefficient (Wildman–Crippen LogP) is -1.23. The Morgan fingerprint density at radius 1 is 1.15 bits per heavy atom. The van der Waals surface area contributed by atoms with E-state index in [1.807, 2.05) is 0 Å². The Balaban J connectivity index is 1.94. The second kappa shape index (κ2) is 5.59. The first-order valence-electron chi connectivity index (χ1n) is 8.39. The highest BCUT2D eigenvalue weighted by Crippen LogP contribution is 2.49. The Kier molecular flexibility index (Phi) is 3.64. The number of ketones is 2. The van der Waals surface area contributed by atoms with Crippen LogP contribution in [-0.2, 0) is 20.8 Å². The summed E-state index contributed by atoms with van der Waals surface area (Å²) in [6.45, 7) is 0.